The summed E-state index contributed by atoms with van der Waals surface area (Å²) in [6, 6.07) is 13.0. The second kappa shape index (κ2) is 9.24. The molecule has 1 heterocycles. The Balaban J connectivity index is 1.64. The van der Waals surface area contributed by atoms with Crippen LogP contribution in [0.5, 0.6) is 0 Å². The highest BCUT2D eigenvalue weighted by atomic mass is 19.2. The molecule has 1 fully saturated rings. The third-order valence-corrected chi connectivity index (χ3v) is 5.26. The number of carbonyl (C=O) groups excluding carboxylic acids is 1. The van der Waals surface area contributed by atoms with Crippen LogP contribution in [-0.4, -0.2) is 36.5 Å². The lowest BCUT2D eigenvalue weighted by atomic mass is 10.0. The number of alkyl halides is 1. The minimum atomic E-state index is -1.72. The average Bonchev–Trinajstić information content (AvgIpc) is 2.70. The number of halogens is 3. The summed E-state index contributed by atoms with van der Waals surface area (Å²) in [7, 11) is 0. The van der Waals surface area contributed by atoms with E-state index < -0.39 is 23.4 Å². The lowest BCUT2D eigenvalue weighted by Crippen LogP contribution is -2.48. The maximum atomic E-state index is 14.6. The van der Waals surface area contributed by atoms with Crippen molar-refractivity contribution in [3.05, 3.63) is 65.7 Å². The van der Waals surface area contributed by atoms with Gasteiger partial charge in [0.25, 0.3) is 0 Å². The zero-order valence-corrected chi connectivity index (χ0v) is 16.0. The summed E-state index contributed by atoms with van der Waals surface area (Å²) in [6.45, 7) is 2.92. The minimum Gasteiger partial charge on any atom is -0.309 e. The Hall–Kier alpha value is -2.34. The van der Waals surface area contributed by atoms with Crippen LogP contribution in [-0.2, 0) is 4.79 Å². The first-order chi connectivity index (χ1) is 13.5. The van der Waals surface area contributed by atoms with Gasteiger partial charge in [0.05, 0.1) is 5.56 Å². The van der Waals surface area contributed by atoms with Gasteiger partial charge in [0, 0.05) is 37.8 Å². The number of benzene rings is 2. The van der Waals surface area contributed by atoms with E-state index in [1.165, 1.54) is 6.07 Å². The number of rotatable bonds is 6. The second-order valence-corrected chi connectivity index (χ2v) is 7.09. The largest absolute Gasteiger partial charge is 0.309 e. The Kier molecular flexibility index (Phi) is 6.73. The van der Waals surface area contributed by atoms with Gasteiger partial charge < -0.3 is 4.90 Å². The van der Waals surface area contributed by atoms with E-state index in [1.54, 1.807) is 0 Å². The van der Waals surface area contributed by atoms with Crippen LogP contribution in [0.25, 0.3) is 0 Å². The molecule has 3 rings (SSSR count). The van der Waals surface area contributed by atoms with Gasteiger partial charge >= 0.3 is 0 Å². The molecular weight excluding hydrogens is 365 g/mol. The summed E-state index contributed by atoms with van der Waals surface area (Å²) in [5.74, 6) is -1.65. The molecule has 6 heteroatoms. The molecule has 1 unspecified atom stereocenters. The van der Waals surface area contributed by atoms with E-state index in [0.717, 1.165) is 17.8 Å². The highest BCUT2D eigenvalue weighted by Gasteiger charge is 2.30. The molecule has 1 amide bonds. The monoisotopic (exact) mass is 390 g/mol. The molecule has 0 spiro atoms. The van der Waals surface area contributed by atoms with Crippen LogP contribution in [0.2, 0.25) is 0 Å². The number of para-hydroxylation sites is 1. The van der Waals surface area contributed by atoms with Crippen LogP contribution < -0.4 is 4.90 Å². The molecule has 1 aliphatic heterocycles. The van der Waals surface area contributed by atoms with Crippen molar-refractivity contribution in [3.63, 3.8) is 0 Å². The molecule has 150 valence electrons. The Bertz CT molecular complexity index is 771. The third-order valence-electron chi connectivity index (χ3n) is 5.26. The lowest BCUT2D eigenvalue weighted by molar-refractivity contribution is -0.119. The lowest BCUT2D eigenvalue weighted by Gasteiger charge is -2.39. The normalized spacial score (nSPS) is 16.7. The van der Waals surface area contributed by atoms with E-state index in [4.69, 9.17) is 0 Å². The standard InChI is InChI=1S/C22H25F3N2O/c1-2-21(28)27(16-7-4-3-5-8-16)17-11-13-26(14-12-17)15-20(25)22-18(23)9-6-10-19(22)24/h3-10,17,20H,2,11-15H2,1H3. The first-order valence-corrected chi connectivity index (χ1v) is 9.68. The van der Waals surface area contributed by atoms with E-state index in [1.807, 2.05) is 47.1 Å². The van der Waals surface area contributed by atoms with Gasteiger partial charge in [-0.25, -0.2) is 13.2 Å². The minimum absolute atomic E-state index is 0.0364. The molecule has 2 aromatic carbocycles. The molecule has 0 aliphatic carbocycles. The van der Waals surface area contributed by atoms with E-state index in [2.05, 4.69) is 0 Å². The predicted octanol–water partition coefficient (Wildman–Crippen LogP) is 4.88. The fourth-order valence-electron chi connectivity index (χ4n) is 3.81. The van der Waals surface area contributed by atoms with E-state index in [0.29, 0.717) is 32.4 Å². The summed E-state index contributed by atoms with van der Waals surface area (Å²) in [5, 5.41) is 0. The van der Waals surface area contributed by atoms with Gasteiger partial charge in [-0.2, -0.15) is 0 Å². The van der Waals surface area contributed by atoms with Crippen molar-refractivity contribution >= 4 is 11.6 Å². The van der Waals surface area contributed by atoms with Gasteiger partial charge in [0.2, 0.25) is 5.91 Å². The molecule has 0 saturated carbocycles. The summed E-state index contributed by atoms with van der Waals surface area (Å²) in [6.07, 6.45) is 0.0642. The topological polar surface area (TPSA) is 23.6 Å². The van der Waals surface area contributed by atoms with E-state index in [-0.39, 0.29) is 18.5 Å². The van der Waals surface area contributed by atoms with Crippen molar-refractivity contribution < 1.29 is 18.0 Å². The highest BCUT2D eigenvalue weighted by molar-refractivity contribution is 5.93. The fraction of sp³-hybridized carbons (Fsp3) is 0.409. The molecule has 2 aromatic rings. The van der Waals surface area contributed by atoms with Crippen LogP contribution >= 0.6 is 0 Å². The summed E-state index contributed by atoms with van der Waals surface area (Å²) in [4.78, 5) is 16.2. The van der Waals surface area contributed by atoms with Gasteiger partial charge in [0.15, 0.2) is 0 Å². The Morgan fingerprint density at radius 2 is 1.68 bits per heavy atom. The molecule has 0 bridgehead atoms. The number of likely N-dealkylation sites (tertiary alicyclic amines) is 1. The Morgan fingerprint density at radius 1 is 1.07 bits per heavy atom. The molecular formula is C22H25F3N2O. The number of hydrogen-bond acceptors (Lipinski definition) is 2. The zero-order valence-electron chi connectivity index (χ0n) is 16.0. The van der Waals surface area contributed by atoms with Crippen molar-refractivity contribution in [2.75, 3.05) is 24.5 Å². The number of carbonyl (C=O) groups is 1. The van der Waals surface area contributed by atoms with Crippen LogP contribution in [0.1, 0.15) is 37.9 Å². The Morgan fingerprint density at radius 3 is 2.25 bits per heavy atom. The van der Waals surface area contributed by atoms with Crippen molar-refractivity contribution in [1.29, 1.82) is 0 Å². The van der Waals surface area contributed by atoms with Gasteiger partial charge in [-0.15, -0.1) is 0 Å². The van der Waals surface area contributed by atoms with Crippen molar-refractivity contribution in [3.8, 4) is 0 Å². The molecule has 28 heavy (non-hydrogen) atoms. The Labute approximate surface area is 163 Å². The van der Waals surface area contributed by atoms with Gasteiger partial charge in [-0.1, -0.05) is 31.2 Å². The quantitative estimate of drug-likeness (QED) is 0.702. The number of hydrogen-bond donors (Lipinski definition) is 0. The maximum absolute atomic E-state index is 14.6. The summed E-state index contributed by atoms with van der Waals surface area (Å²) in [5.41, 5.74) is 0.362. The smallest absolute Gasteiger partial charge is 0.226 e. The third kappa shape index (κ3) is 4.55. The first-order valence-electron chi connectivity index (χ1n) is 9.68. The maximum Gasteiger partial charge on any atom is 0.226 e. The summed E-state index contributed by atoms with van der Waals surface area (Å²) >= 11 is 0. The van der Waals surface area contributed by atoms with Gasteiger partial charge in [-0.05, 0) is 37.1 Å². The van der Waals surface area contributed by atoms with E-state index >= 15 is 0 Å². The predicted molar refractivity (Wildman–Crippen MR) is 104 cm³/mol. The molecule has 1 atom stereocenters. The highest BCUT2D eigenvalue weighted by Crippen LogP contribution is 2.28. The zero-order chi connectivity index (χ0) is 20.1. The number of anilines is 1. The SMILES string of the molecule is CCC(=O)N(c1ccccc1)C1CCN(CC(F)c2c(F)cccc2F)CC1. The van der Waals surface area contributed by atoms with Gasteiger partial charge in [-0.3, -0.25) is 9.69 Å². The second-order valence-electron chi connectivity index (χ2n) is 7.09. The molecule has 0 radical (unpaired) electrons. The van der Waals surface area contributed by atoms with Crippen molar-refractivity contribution in [2.45, 2.75) is 38.4 Å². The molecule has 3 nitrogen and oxygen atoms in total. The number of nitrogens with zero attached hydrogens (tertiary/aromatic N) is 2. The molecule has 0 aromatic heterocycles. The van der Waals surface area contributed by atoms with Crippen molar-refractivity contribution in [2.24, 2.45) is 0 Å². The molecule has 0 N–H and O–H groups in total. The number of piperidine rings is 1. The first kappa shape index (κ1) is 20.4. The van der Waals surface area contributed by atoms with Crippen LogP contribution in [0.4, 0.5) is 18.9 Å². The van der Waals surface area contributed by atoms with Crippen molar-refractivity contribution in [1.82, 2.24) is 4.90 Å². The van der Waals surface area contributed by atoms with Gasteiger partial charge in [0.1, 0.15) is 17.8 Å². The van der Waals surface area contributed by atoms with Crippen LogP contribution in [0.3, 0.4) is 0 Å². The van der Waals surface area contributed by atoms with Crippen LogP contribution in [0, 0.1) is 11.6 Å². The summed E-state index contributed by atoms with van der Waals surface area (Å²) < 4.78 is 42.2. The number of amides is 1. The fourth-order valence-corrected chi connectivity index (χ4v) is 3.81. The van der Waals surface area contributed by atoms with Crippen LogP contribution in [0.15, 0.2) is 48.5 Å². The van der Waals surface area contributed by atoms with E-state index in [9.17, 15) is 18.0 Å². The molecule has 1 aliphatic rings. The molecule has 1 saturated heterocycles. The average molecular weight is 390 g/mol.